The van der Waals surface area contributed by atoms with Gasteiger partial charge in [0.15, 0.2) is 0 Å². The molecule has 2 unspecified atom stereocenters. The van der Waals surface area contributed by atoms with Gasteiger partial charge in [-0.2, -0.15) is 0 Å². The molecule has 4 heteroatoms. The molecule has 1 saturated heterocycles. The molecule has 1 fully saturated rings. The lowest BCUT2D eigenvalue weighted by Gasteiger charge is -2.29. The highest BCUT2D eigenvalue weighted by Gasteiger charge is 2.21. The van der Waals surface area contributed by atoms with Crippen molar-refractivity contribution in [2.45, 2.75) is 24.8 Å². The zero-order valence-electron chi connectivity index (χ0n) is 8.47. The van der Waals surface area contributed by atoms with Crippen molar-refractivity contribution in [3.05, 3.63) is 34.1 Å². The van der Waals surface area contributed by atoms with E-state index in [9.17, 15) is 4.39 Å². The predicted molar refractivity (Wildman–Crippen MR) is 66.5 cm³/mol. The first-order chi connectivity index (χ1) is 7.16. The van der Waals surface area contributed by atoms with E-state index in [1.165, 1.54) is 18.6 Å². The van der Waals surface area contributed by atoms with E-state index in [0.29, 0.717) is 6.04 Å². The maximum absolute atomic E-state index is 12.9. The Hall–Kier alpha value is -0.0600. The predicted octanol–water partition coefficient (Wildman–Crippen LogP) is 3.70. The van der Waals surface area contributed by atoms with Crippen LogP contribution in [0.3, 0.4) is 0 Å². The van der Waals surface area contributed by atoms with Crippen molar-refractivity contribution in [1.29, 1.82) is 0 Å². The van der Waals surface area contributed by atoms with Crippen LogP contribution in [0, 0.1) is 5.82 Å². The lowest BCUT2D eigenvalue weighted by atomic mass is 10.2. The Bertz CT molecular complexity index is 358. The molecule has 0 aromatic heterocycles. The second-order valence-electron chi connectivity index (χ2n) is 3.77. The second kappa shape index (κ2) is 4.85. The van der Waals surface area contributed by atoms with E-state index in [1.54, 1.807) is 0 Å². The van der Waals surface area contributed by atoms with Crippen LogP contribution in [0.4, 0.5) is 4.39 Å². The first kappa shape index (κ1) is 11.4. The minimum absolute atomic E-state index is 0.195. The third-order valence-electron chi connectivity index (χ3n) is 2.52. The molecule has 0 bridgehead atoms. The fourth-order valence-corrected chi connectivity index (χ4v) is 3.82. The molecule has 0 spiro atoms. The first-order valence-corrected chi connectivity index (χ1v) is 6.83. The summed E-state index contributed by atoms with van der Waals surface area (Å²) in [7, 11) is 0. The molecule has 1 aliphatic heterocycles. The molecule has 0 radical (unpaired) electrons. The molecule has 1 aliphatic rings. The molecule has 1 heterocycles. The third-order valence-corrected chi connectivity index (χ3v) is 4.40. The molecule has 1 aromatic carbocycles. The van der Waals surface area contributed by atoms with Crippen LogP contribution in [0.25, 0.3) is 0 Å². The zero-order chi connectivity index (χ0) is 10.8. The number of nitrogens with one attached hydrogen (secondary N) is 1. The zero-order valence-corrected chi connectivity index (χ0v) is 10.9. The monoisotopic (exact) mass is 289 g/mol. The van der Waals surface area contributed by atoms with E-state index >= 15 is 0 Å². The molecule has 1 aromatic rings. The minimum Gasteiger partial charge on any atom is -0.299 e. The van der Waals surface area contributed by atoms with Crippen LogP contribution in [-0.2, 0) is 0 Å². The van der Waals surface area contributed by atoms with Crippen molar-refractivity contribution < 1.29 is 4.39 Å². The number of hydrogen-bond donors (Lipinski definition) is 1. The van der Waals surface area contributed by atoms with Crippen LogP contribution < -0.4 is 5.32 Å². The Morgan fingerprint density at radius 1 is 1.53 bits per heavy atom. The van der Waals surface area contributed by atoms with Gasteiger partial charge in [-0.15, -0.1) is 11.8 Å². The van der Waals surface area contributed by atoms with E-state index in [4.69, 9.17) is 0 Å². The average molecular weight is 290 g/mol. The van der Waals surface area contributed by atoms with Gasteiger partial charge in [0.1, 0.15) is 5.82 Å². The van der Waals surface area contributed by atoms with Gasteiger partial charge in [0.2, 0.25) is 0 Å². The first-order valence-electron chi connectivity index (χ1n) is 4.99. The lowest BCUT2D eigenvalue weighted by molar-refractivity contribution is 0.510. The highest BCUT2D eigenvalue weighted by atomic mass is 79.9. The summed E-state index contributed by atoms with van der Waals surface area (Å²) in [4.78, 5) is 0. The summed E-state index contributed by atoms with van der Waals surface area (Å²) in [5.74, 6) is 0.960. The molecule has 2 rings (SSSR count). The fourth-order valence-electron chi connectivity index (χ4n) is 1.65. The van der Waals surface area contributed by atoms with Crippen LogP contribution in [0.15, 0.2) is 22.7 Å². The Kier molecular flexibility index (Phi) is 3.69. The maximum Gasteiger partial charge on any atom is 0.124 e. The van der Waals surface area contributed by atoms with Gasteiger partial charge < -0.3 is 0 Å². The Labute approximate surface area is 102 Å². The summed E-state index contributed by atoms with van der Waals surface area (Å²) in [6.07, 6.45) is 1.19. The molecular weight excluding hydrogens is 277 g/mol. The van der Waals surface area contributed by atoms with Gasteiger partial charge in [0.25, 0.3) is 0 Å². The molecule has 0 aliphatic carbocycles. The molecule has 15 heavy (non-hydrogen) atoms. The van der Waals surface area contributed by atoms with Crippen molar-refractivity contribution in [1.82, 2.24) is 5.32 Å². The van der Waals surface area contributed by atoms with E-state index < -0.39 is 0 Å². The Morgan fingerprint density at radius 2 is 2.33 bits per heavy atom. The number of hydrogen-bond acceptors (Lipinski definition) is 2. The fraction of sp³-hybridized carbons (Fsp3) is 0.455. The van der Waals surface area contributed by atoms with Gasteiger partial charge in [-0.05, 0) is 36.8 Å². The van der Waals surface area contributed by atoms with E-state index in [0.717, 1.165) is 15.8 Å². The molecular formula is C11H13BrFNS. The third kappa shape index (κ3) is 2.74. The number of thioether (sulfide) groups is 1. The highest BCUT2D eigenvalue weighted by molar-refractivity contribution is 9.10. The molecule has 2 atom stereocenters. The standard InChI is InChI=1S/C11H13BrFNS/c1-7-4-5-15-11(14-7)9-3-2-8(13)6-10(9)12/h2-3,6-7,11,14H,4-5H2,1H3. The van der Waals surface area contributed by atoms with E-state index in [2.05, 4.69) is 28.2 Å². The van der Waals surface area contributed by atoms with Crippen LogP contribution in [0.2, 0.25) is 0 Å². The quantitative estimate of drug-likeness (QED) is 0.846. The van der Waals surface area contributed by atoms with Crippen molar-refractivity contribution in [3.8, 4) is 0 Å². The number of benzene rings is 1. The van der Waals surface area contributed by atoms with Crippen molar-refractivity contribution >= 4 is 27.7 Å². The SMILES string of the molecule is CC1CCSC(c2ccc(F)cc2Br)N1. The summed E-state index contributed by atoms with van der Waals surface area (Å²) >= 11 is 5.29. The topological polar surface area (TPSA) is 12.0 Å². The smallest absolute Gasteiger partial charge is 0.124 e. The normalized spacial score (nSPS) is 26.6. The highest BCUT2D eigenvalue weighted by Crippen LogP contribution is 2.35. The molecule has 0 amide bonds. The van der Waals surface area contributed by atoms with Crippen LogP contribution in [-0.4, -0.2) is 11.8 Å². The van der Waals surface area contributed by atoms with Gasteiger partial charge in [-0.25, -0.2) is 4.39 Å². The van der Waals surface area contributed by atoms with Crippen molar-refractivity contribution in [3.63, 3.8) is 0 Å². The number of rotatable bonds is 1. The molecule has 0 saturated carbocycles. The van der Waals surface area contributed by atoms with Crippen LogP contribution in [0.5, 0.6) is 0 Å². The maximum atomic E-state index is 12.9. The molecule has 1 N–H and O–H groups in total. The van der Waals surface area contributed by atoms with Gasteiger partial charge in [0, 0.05) is 10.5 Å². The van der Waals surface area contributed by atoms with Gasteiger partial charge in [0.05, 0.1) is 5.37 Å². The van der Waals surface area contributed by atoms with Gasteiger partial charge in [-0.3, -0.25) is 5.32 Å². The largest absolute Gasteiger partial charge is 0.299 e. The average Bonchev–Trinajstić information content (AvgIpc) is 2.17. The molecule has 82 valence electrons. The van der Waals surface area contributed by atoms with Crippen LogP contribution in [0.1, 0.15) is 24.3 Å². The van der Waals surface area contributed by atoms with Crippen molar-refractivity contribution in [2.75, 3.05) is 5.75 Å². The van der Waals surface area contributed by atoms with Crippen LogP contribution >= 0.6 is 27.7 Å². The minimum atomic E-state index is -0.195. The summed E-state index contributed by atoms with van der Waals surface area (Å²) < 4.78 is 13.8. The van der Waals surface area contributed by atoms with Crippen molar-refractivity contribution in [2.24, 2.45) is 0 Å². The van der Waals surface area contributed by atoms with E-state index in [1.807, 2.05) is 17.8 Å². The van der Waals surface area contributed by atoms with Gasteiger partial charge in [-0.1, -0.05) is 22.0 Å². The second-order valence-corrected chi connectivity index (χ2v) is 5.84. The summed E-state index contributed by atoms with van der Waals surface area (Å²) in [5, 5.41) is 3.78. The molecule has 1 nitrogen and oxygen atoms in total. The van der Waals surface area contributed by atoms with Gasteiger partial charge >= 0.3 is 0 Å². The summed E-state index contributed by atoms with van der Waals surface area (Å²) in [5.41, 5.74) is 1.13. The Morgan fingerprint density at radius 3 is 3.00 bits per heavy atom. The summed E-state index contributed by atoms with van der Waals surface area (Å²) in [6, 6.07) is 5.42. The lowest BCUT2D eigenvalue weighted by Crippen LogP contribution is -2.33. The summed E-state index contributed by atoms with van der Waals surface area (Å²) in [6.45, 7) is 2.18. The van der Waals surface area contributed by atoms with E-state index in [-0.39, 0.29) is 11.2 Å². The Balaban J connectivity index is 2.21. The number of halogens is 2.